The molecule has 0 aliphatic heterocycles. The third kappa shape index (κ3) is 4.51. The van der Waals surface area contributed by atoms with E-state index in [0.717, 1.165) is 18.2 Å². The molecule has 0 saturated heterocycles. The van der Waals surface area contributed by atoms with E-state index < -0.39 is 23.4 Å². The molecule has 0 spiro atoms. The standard InChI is InChI=1S/C13H17FN2O4/c1-13(2,7-20-3)16-12(19)15-10-6-8(11(17)18)4-5-9(10)14/h4-6H,7H2,1-3H3,(H,17,18)(H2,15,16,19). The third-order valence-corrected chi connectivity index (χ3v) is 2.42. The number of aromatic carboxylic acids is 1. The van der Waals surface area contributed by atoms with Crippen LogP contribution in [0.3, 0.4) is 0 Å². The molecule has 3 N–H and O–H groups in total. The molecule has 0 aromatic heterocycles. The number of anilines is 1. The van der Waals surface area contributed by atoms with Gasteiger partial charge in [0.1, 0.15) is 5.82 Å². The second-order valence-corrected chi connectivity index (χ2v) is 4.90. The van der Waals surface area contributed by atoms with Crippen molar-refractivity contribution in [3.05, 3.63) is 29.6 Å². The fraction of sp³-hybridized carbons (Fsp3) is 0.385. The predicted octanol–water partition coefficient (Wildman–Crippen LogP) is 2.07. The van der Waals surface area contributed by atoms with Crippen LogP contribution in [-0.4, -0.2) is 36.4 Å². The van der Waals surface area contributed by atoms with Crippen LogP contribution in [-0.2, 0) is 4.74 Å². The summed E-state index contributed by atoms with van der Waals surface area (Å²) < 4.78 is 18.5. The number of carboxylic acids is 1. The summed E-state index contributed by atoms with van der Waals surface area (Å²) in [5.74, 6) is -1.91. The highest BCUT2D eigenvalue weighted by atomic mass is 19.1. The molecule has 0 aliphatic carbocycles. The van der Waals surface area contributed by atoms with Gasteiger partial charge in [-0.1, -0.05) is 0 Å². The number of hydrogen-bond acceptors (Lipinski definition) is 3. The molecule has 0 fully saturated rings. The molecule has 0 radical (unpaired) electrons. The van der Waals surface area contributed by atoms with Crippen molar-refractivity contribution < 1.29 is 23.8 Å². The van der Waals surface area contributed by atoms with E-state index in [1.54, 1.807) is 13.8 Å². The van der Waals surface area contributed by atoms with Gasteiger partial charge in [-0.3, -0.25) is 0 Å². The number of methoxy groups -OCH3 is 1. The molecule has 20 heavy (non-hydrogen) atoms. The molecule has 6 nitrogen and oxygen atoms in total. The molecule has 0 heterocycles. The fourth-order valence-corrected chi connectivity index (χ4v) is 1.61. The van der Waals surface area contributed by atoms with Gasteiger partial charge in [-0.15, -0.1) is 0 Å². The Hall–Kier alpha value is -2.15. The molecule has 0 saturated carbocycles. The van der Waals surface area contributed by atoms with E-state index in [0.29, 0.717) is 0 Å². The van der Waals surface area contributed by atoms with Gasteiger partial charge in [0.05, 0.1) is 23.4 Å². The number of carbonyl (C=O) groups is 2. The Bertz CT molecular complexity index is 517. The van der Waals surface area contributed by atoms with Gasteiger partial charge in [0.25, 0.3) is 0 Å². The summed E-state index contributed by atoms with van der Waals surface area (Å²) in [5.41, 5.74) is -0.951. The number of hydrogen-bond donors (Lipinski definition) is 3. The minimum absolute atomic E-state index is 0.113. The molecule has 1 rings (SSSR count). The number of nitrogens with one attached hydrogen (secondary N) is 2. The zero-order chi connectivity index (χ0) is 15.3. The normalized spacial score (nSPS) is 11.0. The Morgan fingerprint density at radius 2 is 2.05 bits per heavy atom. The van der Waals surface area contributed by atoms with Crippen LogP contribution in [0, 0.1) is 5.82 Å². The van der Waals surface area contributed by atoms with Crippen molar-refractivity contribution in [2.45, 2.75) is 19.4 Å². The topological polar surface area (TPSA) is 87.7 Å². The quantitative estimate of drug-likeness (QED) is 0.772. The molecule has 0 atom stereocenters. The minimum atomic E-state index is -1.20. The van der Waals surface area contributed by atoms with E-state index in [1.807, 2.05) is 0 Å². The van der Waals surface area contributed by atoms with Gasteiger partial charge in [0.15, 0.2) is 0 Å². The number of benzene rings is 1. The lowest BCUT2D eigenvalue weighted by Crippen LogP contribution is -2.48. The highest BCUT2D eigenvalue weighted by Crippen LogP contribution is 2.16. The van der Waals surface area contributed by atoms with Gasteiger partial charge in [0, 0.05) is 7.11 Å². The molecular formula is C13H17FN2O4. The van der Waals surface area contributed by atoms with Crippen molar-refractivity contribution in [3.63, 3.8) is 0 Å². The molecule has 0 unspecified atom stereocenters. The first-order valence-electron chi connectivity index (χ1n) is 5.86. The number of halogens is 1. The molecule has 2 amide bonds. The maximum atomic E-state index is 13.5. The molecule has 110 valence electrons. The van der Waals surface area contributed by atoms with Crippen molar-refractivity contribution in [1.82, 2.24) is 5.32 Å². The van der Waals surface area contributed by atoms with Crippen molar-refractivity contribution in [3.8, 4) is 0 Å². The van der Waals surface area contributed by atoms with Crippen LogP contribution in [0.2, 0.25) is 0 Å². The van der Waals surface area contributed by atoms with E-state index in [1.165, 1.54) is 7.11 Å². The minimum Gasteiger partial charge on any atom is -0.478 e. The second-order valence-electron chi connectivity index (χ2n) is 4.90. The summed E-state index contributed by atoms with van der Waals surface area (Å²) in [7, 11) is 1.50. The lowest BCUT2D eigenvalue weighted by atomic mass is 10.1. The number of carbonyl (C=O) groups excluding carboxylic acids is 1. The lowest BCUT2D eigenvalue weighted by Gasteiger charge is -2.25. The summed E-state index contributed by atoms with van der Waals surface area (Å²) in [5, 5.41) is 13.7. The number of rotatable bonds is 5. The predicted molar refractivity (Wildman–Crippen MR) is 71.5 cm³/mol. The molecule has 1 aromatic rings. The summed E-state index contributed by atoms with van der Waals surface area (Å²) in [6, 6.07) is 2.52. The Morgan fingerprint density at radius 1 is 1.40 bits per heavy atom. The molecule has 0 aliphatic rings. The summed E-state index contributed by atoms with van der Waals surface area (Å²) >= 11 is 0. The number of urea groups is 1. The summed E-state index contributed by atoms with van der Waals surface area (Å²) in [4.78, 5) is 22.5. The van der Waals surface area contributed by atoms with Crippen LogP contribution in [0.5, 0.6) is 0 Å². The number of amides is 2. The van der Waals surface area contributed by atoms with Crippen LogP contribution < -0.4 is 10.6 Å². The van der Waals surface area contributed by atoms with Crippen LogP contribution in [0.15, 0.2) is 18.2 Å². The Labute approximate surface area is 115 Å². The van der Waals surface area contributed by atoms with E-state index in [4.69, 9.17) is 9.84 Å². The maximum absolute atomic E-state index is 13.5. The Balaban J connectivity index is 2.80. The van der Waals surface area contributed by atoms with E-state index in [9.17, 15) is 14.0 Å². The van der Waals surface area contributed by atoms with Crippen molar-refractivity contribution >= 4 is 17.7 Å². The Morgan fingerprint density at radius 3 is 2.60 bits per heavy atom. The molecular weight excluding hydrogens is 267 g/mol. The molecule has 7 heteroatoms. The van der Waals surface area contributed by atoms with E-state index in [2.05, 4.69) is 10.6 Å². The van der Waals surface area contributed by atoms with Gasteiger partial charge in [0.2, 0.25) is 0 Å². The monoisotopic (exact) mass is 284 g/mol. The van der Waals surface area contributed by atoms with Crippen LogP contribution in [0.1, 0.15) is 24.2 Å². The lowest BCUT2D eigenvalue weighted by molar-refractivity contribution is 0.0697. The van der Waals surface area contributed by atoms with Crippen LogP contribution in [0.4, 0.5) is 14.9 Å². The van der Waals surface area contributed by atoms with Gasteiger partial charge in [-0.05, 0) is 32.0 Å². The van der Waals surface area contributed by atoms with Crippen molar-refractivity contribution in [2.75, 3.05) is 19.0 Å². The highest BCUT2D eigenvalue weighted by molar-refractivity contribution is 5.93. The van der Waals surface area contributed by atoms with Gasteiger partial charge >= 0.3 is 12.0 Å². The largest absolute Gasteiger partial charge is 0.478 e. The maximum Gasteiger partial charge on any atom is 0.335 e. The van der Waals surface area contributed by atoms with Crippen LogP contribution >= 0.6 is 0 Å². The fourth-order valence-electron chi connectivity index (χ4n) is 1.61. The first-order valence-corrected chi connectivity index (χ1v) is 5.86. The zero-order valence-corrected chi connectivity index (χ0v) is 11.5. The Kier molecular flexibility index (Phi) is 5.04. The highest BCUT2D eigenvalue weighted by Gasteiger charge is 2.21. The first-order chi connectivity index (χ1) is 9.25. The van der Waals surface area contributed by atoms with Gasteiger partial charge < -0.3 is 20.5 Å². The average molecular weight is 284 g/mol. The van der Waals surface area contributed by atoms with Crippen molar-refractivity contribution in [1.29, 1.82) is 0 Å². The third-order valence-electron chi connectivity index (χ3n) is 2.42. The molecule has 0 bridgehead atoms. The van der Waals surface area contributed by atoms with Gasteiger partial charge in [-0.2, -0.15) is 0 Å². The first kappa shape index (κ1) is 15.9. The zero-order valence-electron chi connectivity index (χ0n) is 11.5. The van der Waals surface area contributed by atoms with E-state index >= 15 is 0 Å². The number of ether oxygens (including phenoxy) is 1. The van der Waals surface area contributed by atoms with Gasteiger partial charge in [-0.25, -0.2) is 14.0 Å². The summed E-state index contributed by atoms with van der Waals surface area (Å²) in [6.45, 7) is 3.75. The second kappa shape index (κ2) is 6.33. The number of carboxylic acid groups (broad SMARTS) is 1. The van der Waals surface area contributed by atoms with Crippen LogP contribution in [0.25, 0.3) is 0 Å². The molecule has 1 aromatic carbocycles. The average Bonchev–Trinajstić information content (AvgIpc) is 2.30. The van der Waals surface area contributed by atoms with Crippen molar-refractivity contribution in [2.24, 2.45) is 0 Å². The smallest absolute Gasteiger partial charge is 0.335 e. The van der Waals surface area contributed by atoms with E-state index in [-0.39, 0.29) is 17.9 Å². The SMILES string of the molecule is COCC(C)(C)NC(=O)Nc1cc(C(=O)O)ccc1F. The summed E-state index contributed by atoms with van der Waals surface area (Å²) in [6.07, 6.45) is 0.